The minimum absolute atomic E-state index is 0.0930. The third kappa shape index (κ3) is 8.40. The van der Waals surface area contributed by atoms with Crippen LogP contribution in [0.3, 0.4) is 0 Å². The maximum atomic E-state index is 12.9. The molecule has 164 valence electrons. The number of ether oxygens (including phenoxy) is 1. The van der Waals surface area contributed by atoms with Crippen LogP contribution in [0.5, 0.6) is 5.75 Å². The SMILES string of the molecule is CCCCCCCCCCCCOc1ccccc1C(CC)C(=O)N(C)C1CC1. The highest BCUT2D eigenvalue weighted by Gasteiger charge is 2.34. The molecular formula is C26H43NO2. The van der Waals surface area contributed by atoms with Crippen molar-refractivity contribution in [3.8, 4) is 5.75 Å². The molecule has 2 rings (SSSR count). The first-order chi connectivity index (χ1) is 14.2. The Morgan fingerprint density at radius 2 is 1.55 bits per heavy atom. The van der Waals surface area contributed by atoms with Crippen LogP contribution in [0.4, 0.5) is 0 Å². The van der Waals surface area contributed by atoms with Gasteiger partial charge in [-0.05, 0) is 31.7 Å². The van der Waals surface area contributed by atoms with E-state index >= 15 is 0 Å². The van der Waals surface area contributed by atoms with Gasteiger partial charge < -0.3 is 9.64 Å². The van der Waals surface area contributed by atoms with E-state index in [1.165, 1.54) is 57.8 Å². The summed E-state index contributed by atoms with van der Waals surface area (Å²) < 4.78 is 6.13. The number of amides is 1. The molecule has 1 amide bonds. The Hall–Kier alpha value is -1.51. The summed E-state index contributed by atoms with van der Waals surface area (Å²) in [6.45, 7) is 5.12. The third-order valence-electron chi connectivity index (χ3n) is 6.20. The van der Waals surface area contributed by atoms with Gasteiger partial charge in [0.25, 0.3) is 0 Å². The molecule has 1 atom stereocenters. The molecule has 3 heteroatoms. The molecule has 1 aromatic rings. The molecule has 1 aliphatic carbocycles. The van der Waals surface area contributed by atoms with Gasteiger partial charge in [0.05, 0.1) is 12.5 Å². The summed E-state index contributed by atoms with van der Waals surface area (Å²) >= 11 is 0. The first-order valence-corrected chi connectivity index (χ1v) is 12.2. The molecule has 0 aliphatic heterocycles. The second-order valence-electron chi connectivity index (χ2n) is 8.71. The smallest absolute Gasteiger partial charge is 0.230 e. The summed E-state index contributed by atoms with van der Waals surface area (Å²) in [5, 5.41) is 0. The van der Waals surface area contributed by atoms with Gasteiger partial charge in [-0.25, -0.2) is 0 Å². The van der Waals surface area contributed by atoms with Crippen molar-refractivity contribution in [1.82, 2.24) is 4.90 Å². The molecule has 1 saturated carbocycles. The van der Waals surface area contributed by atoms with E-state index in [0.717, 1.165) is 43.6 Å². The maximum absolute atomic E-state index is 12.9. The maximum Gasteiger partial charge on any atom is 0.230 e. The average molecular weight is 402 g/mol. The molecule has 29 heavy (non-hydrogen) atoms. The Kier molecular flexibility index (Phi) is 11.2. The van der Waals surface area contributed by atoms with Gasteiger partial charge in [-0.3, -0.25) is 4.79 Å². The van der Waals surface area contributed by atoms with E-state index < -0.39 is 0 Å². The van der Waals surface area contributed by atoms with E-state index in [0.29, 0.717) is 6.04 Å². The zero-order chi connectivity index (χ0) is 20.9. The molecule has 0 radical (unpaired) electrons. The van der Waals surface area contributed by atoms with Gasteiger partial charge in [0.2, 0.25) is 5.91 Å². The van der Waals surface area contributed by atoms with Crippen molar-refractivity contribution in [2.45, 2.75) is 109 Å². The normalized spacial score (nSPS) is 14.6. The van der Waals surface area contributed by atoms with Gasteiger partial charge in [0, 0.05) is 18.7 Å². The lowest BCUT2D eigenvalue weighted by atomic mass is 9.94. The number of likely N-dealkylation sites (N-methyl/N-ethyl adjacent to an activating group) is 1. The molecule has 0 aromatic heterocycles. The Balaban J connectivity index is 1.69. The molecule has 0 N–H and O–H groups in total. The third-order valence-corrected chi connectivity index (χ3v) is 6.20. The average Bonchev–Trinajstić information content (AvgIpc) is 3.58. The predicted molar refractivity (Wildman–Crippen MR) is 123 cm³/mol. The fourth-order valence-corrected chi connectivity index (χ4v) is 4.09. The van der Waals surface area contributed by atoms with E-state index in [4.69, 9.17) is 4.74 Å². The van der Waals surface area contributed by atoms with Crippen LogP contribution in [0.2, 0.25) is 0 Å². The van der Waals surface area contributed by atoms with Gasteiger partial charge in [-0.1, -0.05) is 89.8 Å². The topological polar surface area (TPSA) is 29.5 Å². The quantitative estimate of drug-likeness (QED) is 0.276. The lowest BCUT2D eigenvalue weighted by Crippen LogP contribution is -2.33. The van der Waals surface area contributed by atoms with Crippen LogP contribution >= 0.6 is 0 Å². The van der Waals surface area contributed by atoms with Gasteiger partial charge in [0.15, 0.2) is 0 Å². The number of carbonyl (C=O) groups is 1. The molecule has 1 aromatic carbocycles. The molecule has 1 unspecified atom stereocenters. The number of rotatable bonds is 16. The highest BCUT2D eigenvalue weighted by atomic mass is 16.5. The number of carbonyl (C=O) groups excluding carboxylic acids is 1. The Morgan fingerprint density at radius 3 is 2.14 bits per heavy atom. The molecule has 0 spiro atoms. The van der Waals surface area contributed by atoms with Crippen molar-refractivity contribution in [1.29, 1.82) is 0 Å². The molecule has 1 aliphatic rings. The minimum Gasteiger partial charge on any atom is -0.493 e. The van der Waals surface area contributed by atoms with Gasteiger partial charge in [0.1, 0.15) is 5.75 Å². The van der Waals surface area contributed by atoms with Gasteiger partial charge in [-0.2, -0.15) is 0 Å². The van der Waals surface area contributed by atoms with Crippen LogP contribution in [-0.2, 0) is 4.79 Å². The van der Waals surface area contributed by atoms with Crippen LogP contribution in [0, 0.1) is 0 Å². The van der Waals surface area contributed by atoms with E-state index in [2.05, 4.69) is 19.9 Å². The van der Waals surface area contributed by atoms with Crippen LogP contribution < -0.4 is 4.74 Å². The van der Waals surface area contributed by atoms with Crippen molar-refractivity contribution in [2.75, 3.05) is 13.7 Å². The fourth-order valence-electron chi connectivity index (χ4n) is 4.09. The lowest BCUT2D eigenvalue weighted by molar-refractivity contribution is -0.132. The standard InChI is InChI=1S/C26H43NO2/c1-4-6-7-8-9-10-11-12-13-16-21-29-25-18-15-14-17-24(25)23(5-2)26(28)27(3)22-19-20-22/h14-15,17-18,22-23H,4-13,16,19-21H2,1-3H3. The van der Waals surface area contributed by atoms with E-state index in [1.807, 2.05) is 30.1 Å². The van der Waals surface area contributed by atoms with E-state index in [1.54, 1.807) is 0 Å². The van der Waals surface area contributed by atoms with Crippen molar-refractivity contribution in [2.24, 2.45) is 0 Å². The number of nitrogens with zero attached hydrogens (tertiary/aromatic N) is 1. The van der Waals surface area contributed by atoms with E-state index in [-0.39, 0.29) is 11.8 Å². The van der Waals surface area contributed by atoms with Crippen molar-refractivity contribution < 1.29 is 9.53 Å². The summed E-state index contributed by atoms with van der Waals surface area (Å²) in [5.41, 5.74) is 1.06. The number of para-hydroxylation sites is 1. The van der Waals surface area contributed by atoms with Crippen molar-refractivity contribution >= 4 is 5.91 Å². The molecule has 0 bridgehead atoms. The van der Waals surface area contributed by atoms with Crippen molar-refractivity contribution in [3.63, 3.8) is 0 Å². The van der Waals surface area contributed by atoms with E-state index in [9.17, 15) is 4.79 Å². The van der Waals surface area contributed by atoms with Crippen LogP contribution in [-0.4, -0.2) is 30.5 Å². The molecule has 0 heterocycles. The largest absolute Gasteiger partial charge is 0.493 e. The first kappa shape index (κ1) is 23.8. The Bertz CT molecular complexity index is 582. The molecule has 1 fully saturated rings. The van der Waals surface area contributed by atoms with Crippen molar-refractivity contribution in [3.05, 3.63) is 29.8 Å². The monoisotopic (exact) mass is 401 g/mol. The molecular weight excluding hydrogens is 358 g/mol. The van der Waals surface area contributed by atoms with Gasteiger partial charge >= 0.3 is 0 Å². The van der Waals surface area contributed by atoms with Gasteiger partial charge in [-0.15, -0.1) is 0 Å². The first-order valence-electron chi connectivity index (χ1n) is 12.2. The number of hydrogen-bond donors (Lipinski definition) is 0. The zero-order valence-electron chi connectivity index (χ0n) is 19.1. The van der Waals surface area contributed by atoms with Crippen LogP contribution in [0.25, 0.3) is 0 Å². The number of unbranched alkanes of at least 4 members (excludes halogenated alkanes) is 9. The summed E-state index contributed by atoms with van der Waals surface area (Å²) in [6.07, 6.45) is 16.4. The summed E-state index contributed by atoms with van der Waals surface area (Å²) in [6, 6.07) is 8.59. The summed E-state index contributed by atoms with van der Waals surface area (Å²) in [7, 11) is 1.95. The summed E-state index contributed by atoms with van der Waals surface area (Å²) in [4.78, 5) is 14.9. The Labute approximate surface area is 179 Å². The highest BCUT2D eigenvalue weighted by Crippen LogP contribution is 2.34. The lowest BCUT2D eigenvalue weighted by Gasteiger charge is -2.24. The summed E-state index contributed by atoms with van der Waals surface area (Å²) in [5.74, 6) is 1.04. The fraction of sp³-hybridized carbons (Fsp3) is 0.731. The minimum atomic E-state index is -0.0930. The second kappa shape index (κ2) is 13.7. The Morgan fingerprint density at radius 1 is 0.966 bits per heavy atom. The number of hydrogen-bond acceptors (Lipinski definition) is 2. The molecule has 0 saturated heterocycles. The predicted octanol–water partition coefficient (Wildman–Crippen LogP) is 7.10. The molecule has 3 nitrogen and oxygen atoms in total. The highest BCUT2D eigenvalue weighted by molar-refractivity contribution is 5.84. The van der Waals surface area contributed by atoms with Crippen LogP contribution in [0.1, 0.15) is 109 Å². The second-order valence-corrected chi connectivity index (χ2v) is 8.71. The zero-order valence-corrected chi connectivity index (χ0v) is 19.1. The number of benzene rings is 1. The van der Waals surface area contributed by atoms with Crippen LogP contribution in [0.15, 0.2) is 24.3 Å².